The molecule has 1 aromatic carbocycles. The zero-order valence-corrected chi connectivity index (χ0v) is 11.9. The van der Waals surface area contributed by atoms with Gasteiger partial charge in [-0.25, -0.2) is 0 Å². The van der Waals surface area contributed by atoms with Gasteiger partial charge in [0.05, 0.1) is 11.5 Å². The lowest BCUT2D eigenvalue weighted by atomic mass is 10.2. The first-order chi connectivity index (χ1) is 9.56. The molecule has 0 radical (unpaired) electrons. The van der Waals surface area contributed by atoms with Crippen LogP contribution in [0.4, 0.5) is 5.69 Å². The van der Waals surface area contributed by atoms with Crippen molar-refractivity contribution in [2.24, 2.45) is 0 Å². The van der Waals surface area contributed by atoms with Crippen LogP contribution >= 0.6 is 0 Å². The second kappa shape index (κ2) is 8.27. The largest absolute Gasteiger partial charge is 0.352 e. The third-order valence-corrected chi connectivity index (χ3v) is 3.11. The summed E-state index contributed by atoms with van der Waals surface area (Å²) in [4.78, 5) is 21.7. The summed E-state index contributed by atoms with van der Waals surface area (Å²) in [5, 5.41) is 16.5. The Morgan fingerprint density at radius 3 is 2.35 bits per heavy atom. The highest BCUT2D eigenvalue weighted by Crippen LogP contribution is 2.11. The summed E-state index contributed by atoms with van der Waals surface area (Å²) in [5.74, 6) is -0.0272. The first kappa shape index (κ1) is 16.1. The van der Waals surface area contributed by atoms with Gasteiger partial charge >= 0.3 is 0 Å². The van der Waals surface area contributed by atoms with Crippen molar-refractivity contribution in [3.05, 3.63) is 39.9 Å². The highest BCUT2D eigenvalue weighted by molar-refractivity contribution is 5.78. The molecule has 0 aromatic heterocycles. The lowest BCUT2D eigenvalue weighted by Crippen LogP contribution is -2.39. The second-order valence-electron chi connectivity index (χ2n) is 4.61. The number of nitro groups is 1. The molecule has 0 bridgehead atoms. The molecule has 1 aromatic rings. The van der Waals surface area contributed by atoms with Gasteiger partial charge in [-0.05, 0) is 18.4 Å². The van der Waals surface area contributed by atoms with E-state index >= 15 is 0 Å². The van der Waals surface area contributed by atoms with E-state index in [4.69, 9.17) is 0 Å². The van der Waals surface area contributed by atoms with E-state index in [1.165, 1.54) is 12.1 Å². The summed E-state index contributed by atoms with van der Waals surface area (Å²) in [7, 11) is 0. The van der Waals surface area contributed by atoms with Gasteiger partial charge in [-0.15, -0.1) is 0 Å². The minimum atomic E-state index is -0.430. The lowest BCUT2D eigenvalue weighted by molar-refractivity contribution is -0.384. The van der Waals surface area contributed by atoms with Crippen molar-refractivity contribution >= 4 is 11.6 Å². The zero-order valence-electron chi connectivity index (χ0n) is 11.9. The molecule has 2 N–H and O–H groups in total. The van der Waals surface area contributed by atoms with Crippen LogP contribution in [0.3, 0.4) is 0 Å². The zero-order chi connectivity index (χ0) is 15.0. The molecule has 0 heterocycles. The predicted molar refractivity (Wildman–Crippen MR) is 77.3 cm³/mol. The van der Waals surface area contributed by atoms with Gasteiger partial charge in [-0.3, -0.25) is 14.9 Å². The van der Waals surface area contributed by atoms with Crippen molar-refractivity contribution in [1.82, 2.24) is 10.6 Å². The third kappa shape index (κ3) is 5.36. The molecule has 20 heavy (non-hydrogen) atoms. The van der Waals surface area contributed by atoms with Crippen LogP contribution in [0.2, 0.25) is 0 Å². The number of hydrogen-bond donors (Lipinski definition) is 2. The summed E-state index contributed by atoms with van der Waals surface area (Å²) in [6.45, 7) is 4.83. The molecular formula is C14H21N3O3. The molecule has 6 nitrogen and oxygen atoms in total. The van der Waals surface area contributed by atoms with Crippen molar-refractivity contribution in [1.29, 1.82) is 0 Å². The van der Waals surface area contributed by atoms with Crippen molar-refractivity contribution in [2.75, 3.05) is 6.54 Å². The average Bonchev–Trinajstić information content (AvgIpc) is 2.45. The van der Waals surface area contributed by atoms with Crippen LogP contribution in [-0.2, 0) is 11.3 Å². The molecule has 0 fully saturated rings. The highest BCUT2D eigenvalue weighted by Gasteiger charge is 2.08. The van der Waals surface area contributed by atoms with Crippen molar-refractivity contribution in [3.63, 3.8) is 0 Å². The number of rotatable bonds is 8. The van der Waals surface area contributed by atoms with Crippen LogP contribution in [0.25, 0.3) is 0 Å². The van der Waals surface area contributed by atoms with Gasteiger partial charge in [-0.2, -0.15) is 0 Å². The van der Waals surface area contributed by atoms with E-state index in [9.17, 15) is 14.9 Å². The van der Waals surface area contributed by atoms with Crippen molar-refractivity contribution in [3.8, 4) is 0 Å². The quantitative estimate of drug-likeness (QED) is 0.563. The summed E-state index contributed by atoms with van der Waals surface area (Å²) < 4.78 is 0. The van der Waals surface area contributed by atoms with E-state index in [1.54, 1.807) is 12.1 Å². The van der Waals surface area contributed by atoms with Gasteiger partial charge in [0.15, 0.2) is 0 Å². The fourth-order valence-corrected chi connectivity index (χ4v) is 1.83. The lowest BCUT2D eigenvalue weighted by Gasteiger charge is -2.14. The van der Waals surface area contributed by atoms with E-state index < -0.39 is 4.92 Å². The summed E-state index contributed by atoms with van der Waals surface area (Å²) >= 11 is 0. The fraction of sp³-hybridized carbons (Fsp3) is 0.500. The number of nitrogens with zero attached hydrogens (tertiary/aromatic N) is 1. The van der Waals surface area contributed by atoms with E-state index in [0.29, 0.717) is 6.54 Å². The Balaban J connectivity index is 2.33. The van der Waals surface area contributed by atoms with Crippen LogP contribution in [0.5, 0.6) is 0 Å². The van der Waals surface area contributed by atoms with Gasteiger partial charge in [0.25, 0.3) is 5.69 Å². The second-order valence-corrected chi connectivity index (χ2v) is 4.61. The van der Waals surface area contributed by atoms with Gasteiger partial charge in [-0.1, -0.05) is 26.0 Å². The molecule has 1 rings (SSSR count). The molecule has 0 unspecified atom stereocenters. The van der Waals surface area contributed by atoms with E-state index in [0.717, 1.165) is 18.4 Å². The molecule has 0 atom stereocenters. The molecule has 0 aliphatic rings. The summed E-state index contributed by atoms with van der Waals surface area (Å²) in [5.41, 5.74) is 0.978. The molecular weight excluding hydrogens is 258 g/mol. The van der Waals surface area contributed by atoms with Gasteiger partial charge in [0.1, 0.15) is 0 Å². The summed E-state index contributed by atoms with van der Waals surface area (Å²) in [6.07, 6.45) is 1.84. The Hall–Kier alpha value is -1.95. The van der Waals surface area contributed by atoms with E-state index in [2.05, 4.69) is 10.6 Å². The maximum absolute atomic E-state index is 11.6. The van der Waals surface area contributed by atoms with E-state index in [1.807, 2.05) is 13.8 Å². The Kier molecular flexibility index (Phi) is 6.66. The molecule has 0 spiro atoms. The number of carbonyl (C=O) groups excluding carboxylic acids is 1. The standard InChI is InChI=1S/C14H21N3O3/c1-3-12(4-2)16-14(18)10-15-9-11-5-7-13(8-6-11)17(19)20/h5-8,12,15H,3-4,9-10H2,1-2H3,(H,16,18). The Labute approximate surface area is 118 Å². The third-order valence-electron chi connectivity index (χ3n) is 3.11. The predicted octanol–water partition coefficient (Wildman–Crippen LogP) is 1.99. The highest BCUT2D eigenvalue weighted by atomic mass is 16.6. The van der Waals surface area contributed by atoms with Crippen LogP contribution < -0.4 is 10.6 Å². The molecule has 0 aliphatic heterocycles. The maximum Gasteiger partial charge on any atom is 0.269 e. The normalized spacial score (nSPS) is 10.6. The number of nitro benzene ring substituents is 1. The molecule has 0 saturated carbocycles. The van der Waals surface area contributed by atoms with Gasteiger partial charge < -0.3 is 10.6 Å². The molecule has 0 aliphatic carbocycles. The van der Waals surface area contributed by atoms with Crippen LogP contribution in [0.15, 0.2) is 24.3 Å². The Morgan fingerprint density at radius 2 is 1.85 bits per heavy atom. The molecule has 110 valence electrons. The smallest absolute Gasteiger partial charge is 0.269 e. The van der Waals surface area contributed by atoms with Crippen molar-refractivity contribution in [2.45, 2.75) is 39.3 Å². The Bertz CT molecular complexity index is 441. The Morgan fingerprint density at radius 1 is 1.25 bits per heavy atom. The minimum absolute atomic E-state index is 0.0272. The fourth-order valence-electron chi connectivity index (χ4n) is 1.83. The molecule has 6 heteroatoms. The minimum Gasteiger partial charge on any atom is -0.352 e. The number of hydrogen-bond acceptors (Lipinski definition) is 4. The first-order valence-electron chi connectivity index (χ1n) is 6.80. The average molecular weight is 279 g/mol. The van der Waals surface area contributed by atoms with Crippen molar-refractivity contribution < 1.29 is 9.72 Å². The summed E-state index contributed by atoms with van der Waals surface area (Å²) in [6, 6.07) is 6.51. The monoisotopic (exact) mass is 279 g/mol. The van der Waals surface area contributed by atoms with E-state index in [-0.39, 0.29) is 24.2 Å². The maximum atomic E-state index is 11.6. The van der Waals surface area contributed by atoms with Crippen LogP contribution in [-0.4, -0.2) is 23.4 Å². The number of benzene rings is 1. The number of nitrogens with one attached hydrogen (secondary N) is 2. The topological polar surface area (TPSA) is 84.3 Å². The molecule has 1 amide bonds. The SMILES string of the molecule is CCC(CC)NC(=O)CNCc1ccc([N+](=O)[O-])cc1. The van der Waals surface area contributed by atoms with Crippen LogP contribution in [0, 0.1) is 10.1 Å². The number of carbonyl (C=O) groups is 1. The number of amides is 1. The van der Waals surface area contributed by atoms with Gasteiger partial charge in [0, 0.05) is 24.7 Å². The number of non-ortho nitro benzene ring substituents is 1. The first-order valence-corrected chi connectivity index (χ1v) is 6.80. The molecule has 0 saturated heterocycles. The van der Waals surface area contributed by atoms with Gasteiger partial charge in [0.2, 0.25) is 5.91 Å². The van der Waals surface area contributed by atoms with Crippen LogP contribution in [0.1, 0.15) is 32.3 Å².